The van der Waals surface area contributed by atoms with Crippen LogP contribution < -0.4 is 14.5 Å². The molecule has 7 heteroatoms. The van der Waals surface area contributed by atoms with Crippen LogP contribution in [0, 0.1) is 0 Å². The molecule has 1 saturated heterocycles. The number of carbonyl (C=O) groups is 1. The van der Waals surface area contributed by atoms with Gasteiger partial charge < -0.3 is 10.2 Å². The molecule has 0 spiro atoms. The number of hydrogen-bond acceptors (Lipinski definition) is 4. The molecule has 1 aliphatic heterocycles. The molecule has 144 valence electrons. The summed E-state index contributed by atoms with van der Waals surface area (Å²) >= 11 is 0. The van der Waals surface area contributed by atoms with Crippen molar-refractivity contribution in [1.29, 1.82) is 0 Å². The quantitative estimate of drug-likeness (QED) is 0.827. The van der Waals surface area contributed by atoms with Gasteiger partial charge in [-0.05, 0) is 56.2 Å². The maximum atomic E-state index is 12.7. The van der Waals surface area contributed by atoms with Crippen molar-refractivity contribution in [3.05, 3.63) is 54.6 Å². The van der Waals surface area contributed by atoms with Gasteiger partial charge >= 0.3 is 0 Å². The van der Waals surface area contributed by atoms with Crippen LogP contribution in [0.1, 0.15) is 19.8 Å². The minimum atomic E-state index is -3.61. The first-order valence-electron chi connectivity index (χ1n) is 9.06. The van der Waals surface area contributed by atoms with Gasteiger partial charge in [0.2, 0.25) is 15.9 Å². The van der Waals surface area contributed by atoms with E-state index < -0.39 is 16.1 Å². The highest BCUT2D eigenvalue weighted by Gasteiger charge is 2.29. The fourth-order valence-corrected chi connectivity index (χ4v) is 4.54. The molecular weight excluding hydrogens is 362 g/mol. The topological polar surface area (TPSA) is 69.7 Å². The number of carbonyl (C=O) groups excluding carboxylic acids is 1. The van der Waals surface area contributed by atoms with Gasteiger partial charge in [-0.15, -0.1) is 0 Å². The van der Waals surface area contributed by atoms with Crippen LogP contribution in [0.15, 0.2) is 54.6 Å². The van der Waals surface area contributed by atoms with Crippen molar-refractivity contribution in [1.82, 2.24) is 0 Å². The van der Waals surface area contributed by atoms with Crippen molar-refractivity contribution in [2.45, 2.75) is 25.8 Å². The van der Waals surface area contributed by atoms with E-state index in [0.29, 0.717) is 11.4 Å². The lowest BCUT2D eigenvalue weighted by Crippen LogP contribution is -2.45. The van der Waals surface area contributed by atoms with Crippen LogP contribution in [0.2, 0.25) is 0 Å². The average Bonchev–Trinajstić information content (AvgIpc) is 3.17. The molecule has 1 fully saturated rings. The van der Waals surface area contributed by atoms with E-state index in [1.165, 1.54) is 12.8 Å². The second kappa shape index (κ2) is 8.00. The highest BCUT2D eigenvalue weighted by atomic mass is 32.2. The number of anilines is 3. The summed E-state index contributed by atoms with van der Waals surface area (Å²) in [7, 11) is -3.61. The van der Waals surface area contributed by atoms with Gasteiger partial charge in [0.05, 0.1) is 11.9 Å². The van der Waals surface area contributed by atoms with E-state index in [2.05, 4.69) is 10.2 Å². The van der Waals surface area contributed by atoms with Crippen LogP contribution in [0.25, 0.3) is 0 Å². The number of hydrogen-bond donors (Lipinski definition) is 1. The Hall–Kier alpha value is -2.54. The number of para-hydroxylation sites is 1. The summed E-state index contributed by atoms with van der Waals surface area (Å²) in [6, 6.07) is 15.4. The third-order valence-corrected chi connectivity index (χ3v) is 5.95. The Labute approximate surface area is 160 Å². The Balaban J connectivity index is 1.73. The van der Waals surface area contributed by atoms with Crippen molar-refractivity contribution in [3.8, 4) is 0 Å². The number of amides is 1. The van der Waals surface area contributed by atoms with Crippen LogP contribution in [0.5, 0.6) is 0 Å². The Morgan fingerprint density at radius 3 is 2.19 bits per heavy atom. The number of rotatable bonds is 6. The molecule has 1 N–H and O–H groups in total. The monoisotopic (exact) mass is 387 g/mol. The minimum absolute atomic E-state index is 0.377. The second-order valence-electron chi connectivity index (χ2n) is 6.80. The zero-order valence-corrected chi connectivity index (χ0v) is 16.4. The van der Waals surface area contributed by atoms with Gasteiger partial charge in [0.1, 0.15) is 6.04 Å². The van der Waals surface area contributed by atoms with Crippen LogP contribution in [-0.2, 0) is 14.8 Å². The van der Waals surface area contributed by atoms with Crippen molar-refractivity contribution < 1.29 is 13.2 Å². The molecule has 2 aromatic rings. The zero-order valence-electron chi connectivity index (χ0n) is 15.6. The van der Waals surface area contributed by atoms with Gasteiger partial charge in [-0.1, -0.05) is 18.2 Å². The molecular formula is C20H25N3O3S. The third kappa shape index (κ3) is 4.60. The summed E-state index contributed by atoms with van der Waals surface area (Å²) < 4.78 is 25.7. The standard InChI is InChI=1S/C20H25N3O3S/c1-16(23(27(2,25)26)19-8-4-3-5-9-19)20(24)21-17-10-12-18(13-11-17)22-14-6-7-15-22/h3-5,8-13,16H,6-7,14-15H2,1-2H3,(H,21,24)/t16-/m0/s1. The lowest BCUT2D eigenvalue weighted by molar-refractivity contribution is -0.116. The molecule has 1 aliphatic rings. The molecule has 1 amide bonds. The third-order valence-electron chi connectivity index (χ3n) is 4.71. The summed E-state index contributed by atoms with van der Waals surface area (Å²) in [6.45, 7) is 3.70. The molecule has 27 heavy (non-hydrogen) atoms. The van der Waals surface area contributed by atoms with E-state index >= 15 is 0 Å². The number of benzene rings is 2. The van der Waals surface area contributed by atoms with Crippen LogP contribution in [0.3, 0.4) is 0 Å². The van der Waals surface area contributed by atoms with E-state index in [4.69, 9.17) is 0 Å². The SMILES string of the molecule is C[C@@H](C(=O)Nc1ccc(N2CCCC2)cc1)N(c1ccccc1)S(C)(=O)=O. The van der Waals surface area contributed by atoms with Gasteiger partial charge in [0.15, 0.2) is 0 Å². The van der Waals surface area contributed by atoms with Gasteiger partial charge in [0, 0.05) is 24.5 Å². The molecule has 0 saturated carbocycles. The Morgan fingerprint density at radius 1 is 1.04 bits per heavy atom. The Bertz CT molecular complexity index is 876. The van der Waals surface area contributed by atoms with E-state index in [1.807, 2.05) is 24.3 Å². The van der Waals surface area contributed by atoms with E-state index in [1.54, 1.807) is 37.3 Å². The molecule has 3 rings (SSSR count). The summed E-state index contributed by atoms with van der Waals surface area (Å²) in [5.41, 5.74) is 2.25. The largest absolute Gasteiger partial charge is 0.372 e. The van der Waals surface area contributed by atoms with E-state index in [-0.39, 0.29) is 5.91 Å². The molecule has 1 atom stereocenters. The summed E-state index contributed by atoms with van der Waals surface area (Å²) in [4.78, 5) is 15.0. The number of nitrogens with one attached hydrogen (secondary N) is 1. The normalized spacial score (nSPS) is 15.4. The number of sulfonamides is 1. The average molecular weight is 388 g/mol. The molecule has 0 radical (unpaired) electrons. The predicted octanol–water partition coefficient (Wildman–Crippen LogP) is 3.08. The van der Waals surface area contributed by atoms with Gasteiger partial charge in [-0.25, -0.2) is 8.42 Å². The van der Waals surface area contributed by atoms with Crippen molar-refractivity contribution in [2.75, 3.05) is 33.9 Å². The molecule has 0 bridgehead atoms. The summed E-state index contributed by atoms with van der Waals surface area (Å²) in [6.07, 6.45) is 3.52. The first-order valence-corrected chi connectivity index (χ1v) is 10.9. The minimum Gasteiger partial charge on any atom is -0.372 e. The molecule has 6 nitrogen and oxygen atoms in total. The maximum Gasteiger partial charge on any atom is 0.247 e. The molecule has 0 aliphatic carbocycles. The smallest absolute Gasteiger partial charge is 0.247 e. The van der Waals surface area contributed by atoms with Crippen molar-refractivity contribution in [3.63, 3.8) is 0 Å². The van der Waals surface area contributed by atoms with Gasteiger partial charge in [0.25, 0.3) is 0 Å². The maximum absolute atomic E-state index is 12.7. The second-order valence-corrected chi connectivity index (χ2v) is 8.66. The van der Waals surface area contributed by atoms with Crippen molar-refractivity contribution in [2.24, 2.45) is 0 Å². The fraction of sp³-hybridized carbons (Fsp3) is 0.350. The lowest BCUT2D eigenvalue weighted by atomic mass is 10.2. The lowest BCUT2D eigenvalue weighted by Gasteiger charge is -2.28. The Morgan fingerprint density at radius 2 is 1.63 bits per heavy atom. The molecule has 2 aromatic carbocycles. The first kappa shape index (κ1) is 19.2. The highest BCUT2D eigenvalue weighted by Crippen LogP contribution is 2.24. The van der Waals surface area contributed by atoms with E-state index in [9.17, 15) is 13.2 Å². The highest BCUT2D eigenvalue weighted by molar-refractivity contribution is 7.92. The predicted molar refractivity (Wildman–Crippen MR) is 110 cm³/mol. The summed E-state index contributed by atoms with van der Waals surface area (Å²) in [5.74, 6) is -0.377. The van der Waals surface area contributed by atoms with Crippen LogP contribution in [0.4, 0.5) is 17.1 Å². The van der Waals surface area contributed by atoms with Crippen LogP contribution in [-0.4, -0.2) is 39.7 Å². The van der Waals surface area contributed by atoms with Crippen molar-refractivity contribution >= 4 is 33.0 Å². The van der Waals surface area contributed by atoms with Gasteiger partial charge in [-0.3, -0.25) is 9.10 Å². The zero-order chi connectivity index (χ0) is 19.4. The number of nitrogens with zero attached hydrogens (tertiary/aromatic N) is 2. The molecule has 0 aromatic heterocycles. The van der Waals surface area contributed by atoms with Crippen LogP contribution >= 0.6 is 0 Å². The first-order chi connectivity index (χ1) is 12.9. The van der Waals surface area contributed by atoms with Gasteiger partial charge in [-0.2, -0.15) is 0 Å². The molecule has 0 unspecified atom stereocenters. The fourth-order valence-electron chi connectivity index (χ4n) is 3.36. The molecule has 1 heterocycles. The summed E-state index contributed by atoms with van der Waals surface area (Å²) in [5, 5.41) is 2.82. The Kier molecular flexibility index (Phi) is 5.70. The van der Waals surface area contributed by atoms with E-state index in [0.717, 1.165) is 29.3 Å².